The molecular weight excluding hydrogens is 406 g/mol. The van der Waals surface area contributed by atoms with E-state index in [1.807, 2.05) is 25.9 Å². The lowest BCUT2D eigenvalue weighted by Gasteiger charge is -2.45. The zero-order valence-electron chi connectivity index (χ0n) is 17.3. The molecule has 2 aromatic heterocycles. The molecule has 0 saturated carbocycles. The van der Waals surface area contributed by atoms with Gasteiger partial charge in [0.25, 0.3) is 5.91 Å². The maximum atomic E-state index is 13.8. The van der Waals surface area contributed by atoms with Crippen molar-refractivity contribution in [1.82, 2.24) is 9.88 Å². The van der Waals surface area contributed by atoms with Crippen molar-refractivity contribution in [2.45, 2.75) is 26.0 Å². The van der Waals surface area contributed by atoms with Gasteiger partial charge in [0, 0.05) is 5.39 Å². The van der Waals surface area contributed by atoms with E-state index in [2.05, 4.69) is 4.98 Å². The lowest BCUT2D eigenvalue weighted by Crippen LogP contribution is -2.64. The molecule has 0 aliphatic carbocycles. The number of hydrogen-bond donors (Lipinski definition) is 1. The standard InChI is InChI=1S/C21H23N3O5S/c1-11-15(30-10-23-11)7-28-13-5-6-14-17(16(20(22)26)12(2)29-14)18(13)19(25)21(24(3)4)8-27-9-21/h5-6,10H,7-9H2,1-4H3,(H2,22,26). The van der Waals surface area contributed by atoms with Crippen molar-refractivity contribution in [3.05, 3.63) is 45.1 Å². The molecule has 30 heavy (non-hydrogen) atoms. The fourth-order valence-electron chi connectivity index (χ4n) is 3.66. The summed E-state index contributed by atoms with van der Waals surface area (Å²) in [5, 5.41) is 0.386. The number of ether oxygens (including phenoxy) is 2. The van der Waals surface area contributed by atoms with Crippen LogP contribution in [0.25, 0.3) is 11.0 Å². The van der Waals surface area contributed by atoms with Gasteiger partial charge in [-0.1, -0.05) is 0 Å². The van der Waals surface area contributed by atoms with Crippen molar-refractivity contribution in [2.75, 3.05) is 27.3 Å². The molecule has 0 bridgehead atoms. The Morgan fingerprint density at radius 1 is 1.27 bits per heavy atom. The second-order valence-corrected chi connectivity index (χ2v) is 8.55. The molecule has 8 nitrogen and oxygen atoms in total. The molecule has 1 saturated heterocycles. The van der Waals surface area contributed by atoms with Crippen molar-refractivity contribution >= 4 is 34.0 Å². The van der Waals surface area contributed by atoms with Gasteiger partial charge in [-0.25, -0.2) is 4.98 Å². The number of ketones is 1. The number of rotatable bonds is 7. The average molecular weight is 429 g/mol. The number of hydrogen-bond acceptors (Lipinski definition) is 8. The monoisotopic (exact) mass is 429 g/mol. The molecule has 3 aromatic rings. The predicted octanol–water partition coefficient (Wildman–Crippen LogP) is 2.70. The van der Waals surface area contributed by atoms with Crippen molar-refractivity contribution in [1.29, 1.82) is 0 Å². The average Bonchev–Trinajstić information content (AvgIpc) is 3.19. The Labute approximate surface area is 177 Å². The molecule has 3 heterocycles. The Balaban J connectivity index is 1.89. The number of amides is 1. The van der Waals surface area contributed by atoms with Crippen LogP contribution in [0.1, 0.15) is 37.0 Å². The Morgan fingerprint density at radius 3 is 2.53 bits per heavy atom. The van der Waals surface area contributed by atoms with Crippen LogP contribution in [-0.4, -0.2) is 54.4 Å². The van der Waals surface area contributed by atoms with Crippen LogP contribution in [0, 0.1) is 13.8 Å². The van der Waals surface area contributed by atoms with Gasteiger partial charge in [0.1, 0.15) is 29.2 Å². The van der Waals surface area contributed by atoms with Crippen LogP contribution in [0.5, 0.6) is 5.75 Å². The molecule has 1 amide bonds. The first-order valence-electron chi connectivity index (χ1n) is 9.44. The lowest BCUT2D eigenvalue weighted by molar-refractivity contribution is -0.0992. The molecule has 4 rings (SSSR count). The number of nitrogens with zero attached hydrogens (tertiary/aromatic N) is 2. The van der Waals surface area contributed by atoms with Gasteiger partial charge in [-0.15, -0.1) is 11.3 Å². The van der Waals surface area contributed by atoms with Crippen LogP contribution in [0.15, 0.2) is 22.1 Å². The first-order valence-corrected chi connectivity index (χ1v) is 10.3. The fourth-order valence-corrected chi connectivity index (χ4v) is 4.35. The van der Waals surface area contributed by atoms with Crippen LogP contribution in [0.2, 0.25) is 0 Å². The van der Waals surface area contributed by atoms with E-state index in [1.165, 1.54) is 11.3 Å². The van der Waals surface area contributed by atoms with Crippen molar-refractivity contribution < 1.29 is 23.5 Å². The maximum absolute atomic E-state index is 13.8. The number of aromatic nitrogens is 1. The second-order valence-electron chi connectivity index (χ2n) is 7.61. The first kappa shape index (κ1) is 20.5. The van der Waals surface area contributed by atoms with Gasteiger partial charge in [-0.05, 0) is 40.1 Å². The summed E-state index contributed by atoms with van der Waals surface area (Å²) in [4.78, 5) is 33.1. The van der Waals surface area contributed by atoms with E-state index in [4.69, 9.17) is 19.6 Å². The highest BCUT2D eigenvalue weighted by molar-refractivity contribution is 7.09. The summed E-state index contributed by atoms with van der Waals surface area (Å²) < 4.78 is 17.2. The van der Waals surface area contributed by atoms with E-state index >= 15 is 0 Å². The van der Waals surface area contributed by atoms with Gasteiger partial charge in [0.2, 0.25) is 0 Å². The van der Waals surface area contributed by atoms with Crippen LogP contribution < -0.4 is 10.5 Å². The highest BCUT2D eigenvalue weighted by Gasteiger charge is 2.50. The van der Waals surface area contributed by atoms with Crippen LogP contribution in [-0.2, 0) is 11.3 Å². The summed E-state index contributed by atoms with van der Waals surface area (Å²) in [6.07, 6.45) is 0. The smallest absolute Gasteiger partial charge is 0.252 e. The molecule has 0 radical (unpaired) electrons. The Morgan fingerprint density at radius 2 is 2.00 bits per heavy atom. The van der Waals surface area contributed by atoms with Crippen LogP contribution in [0.4, 0.5) is 0 Å². The zero-order chi connectivity index (χ0) is 21.6. The van der Waals surface area contributed by atoms with Crippen molar-refractivity contribution in [3.63, 3.8) is 0 Å². The van der Waals surface area contributed by atoms with E-state index in [9.17, 15) is 9.59 Å². The quantitative estimate of drug-likeness (QED) is 0.575. The molecule has 1 fully saturated rings. The van der Waals surface area contributed by atoms with Crippen molar-refractivity contribution in [3.8, 4) is 5.75 Å². The summed E-state index contributed by atoms with van der Waals surface area (Å²) in [5.41, 5.74) is 8.33. The second kappa shape index (κ2) is 7.50. The molecule has 0 atom stereocenters. The zero-order valence-corrected chi connectivity index (χ0v) is 18.1. The minimum absolute atomic E-state index is 0.191. The molecule has 1 aliphatic heterocycles. The molecule has 1 aromatic carbocycles. The van der Waals surface area contributed by atoms with E-state index in [1.54, 1.807) is 24.6 Å². The van der Waals surface area contributed by atoms with Gasteiger partial charge in [-0.2, -0.15) is 0 Å². The summed E-state index contributed by atoms with van der Waals surface area (Å²) in [5.74, 6) is -0.106. The molecule has 0 spiro atoms. The summed E-state index contributed by atoms with van der Waals surface area (Å²) >= 11 is 1.48. The third kappa shape index (κ3) is 3.10. The number of aryl methyl sites for hydroxylation is 2. The number of primary amides is 1. The summed E-state index contributed by atoms with van der Waals surface area (Å²) in [6.45, 7) is 4.33. The molecule has 158 valence electrons. The number of carbonyl (C=O) groups is 2. The number of carbonyl (C=O) groups excluding carboxylic acids is 2. The van der Waals surface area contributed by atoms with E-state index in [-0.39, 0.29) is 36.7 Å². The van der Waals surface area contributed by atoms with Crippen LogP contribution >= 0.6 is 11.3 Å². The highest BCUT2D eigenvalue weighted by Crippen LogP contribution is 2.39. The van der Waals surface area contributed by atoms with Gasteiger partial charge < -0.3 is 19.6 Å². The number of thiazole rings is 1. The molecular formula is C21H23N3O5S. The van der Waals surface area contributed by atoms with Gasteiger partial charge >= 0.3 is 0 Å². The maximum Gasteiger partial charge on any atom is 0.252 e. The molecule has 9 heteroatoms. The van der Waals surface area contributed by atoms with Crippen molar-refractivity contribution in [2.24, 2.45) is 5.73 Å². The van der Waals surface area contributed by atoms with Gasteiger partial charge in [-0.3, -0.25) is 14.5 Å². The number of likely N-dealkylation sites (N-methyl/N-ethyl adjacent to an activating group) is 1. The van der Waals surface area contributed by atoms with Crippen LogP contribution in [0.3, 0.4) is 0 Å². The number of Topliss-reactive ketones (excluding diaryl/α,β-unsaturated/α-hetero) is 1. The normalized spacial score (nSPS) is 15.4. The SMILES string of the molecule is Cc1ncsc1COc1ccc2oc(C)c(C(N)=O)c2c1C(=O)C1(N(C)C)COC1. The minimum Gasteiger partial charge on any atom is -0.487 e. The number of benzene rings is 1. The highest BCUT2D eigenvalue weighted by atomic mass is 32.1. The number of nitrogens with two attached hydrogens (primary N) is 1. The third-order valence-electron chi connectivity index (χ3n) is 5.63. The number of furan rings is 1. The predicted molar refractivity (Wildman–Crippen MR) is 112 cm³/mol. The van der Waals surface area contributed by atoms with E-state index < -0.39 is 11.4 Å². The Kier molecular flexibility index (Phi) is 5.13. The molecule has 1 aliphatic rings. The molecule has 2 N–H and O–H groups in total. The minimum atomic E-state index is -0.840. The first-order chi connectivity index (χ1) is 14.3. The number of fused-ring (bicyclic) bond motifs is 1. The van der Waals surface area contributed by atoms with E-state index in [0.717, 1.165) is 10.6 Å². The topological polar surface area (TPSA) is 108 Å². The summed E-state index contributed by atoms with van der Waals surface area (Å²) in [6, 6.07) is 3.39. The largest absolute Gasteiger partial charge is 0.487 e. The Hall–Kier alpha value is -2.75. The van der Waals surface area contributed by atoms with Gasteiger partial charge in [0.15, 0.2) is 5.78 Å². The lowest BCUT2D eigenvalue weighted by atomic mass is 9.84. The molecule has 0 unspecified atom stereocenters. The summed E-state index contributed by atoms with van der Waals surface area (Å²) in [7, 11) is 3.66. The van der Waals surface area contributed by atoms with Gasteiger partial charge in [0.05, 0.1) is 40.4 Å². The fraction of sp³-hybridized carbons (Fsp3) is 0.381. The third-order valence-corrected chi connectivity index (χ3v) is 6.54. The Bertz CT molecular complexity index is 1140. The van der Waals surface area contributed by atoms with E-state index in [0.29, 0.717) is 22.5 Å².